The van der Waals surface area contributed by atoms with Gasteiger partial charge in [-0.25, -0.2) is 4.79 Å². The lowest BCUT2D eigenvalue weighted by Gasteiger charge is -2.57. The summed E-state index contributed by atoms with van der Waals surface area (Å²) >= 11 is 0. The number of rotatable bonds is 8. The molecule has 0 radical (unpaired) electrons. The van der Waals surface area contributed by atoms with Gasteiger partial charge in [0.15, 0.2) is 0 Å². The lowest BCUT2D eigenvalue weighted by molar-refractivity contribution is -0.139. The van der Waals surface area contributed by atoms with Crippen LogP contribution in [0.4, 0.5) is 0 Å². The number of benzene rings is 3. The van der Waals surface area contributed by atoms with Crippen molar-refractivity contribution >= 4 is 11.9 Å². The molecule has 1 N–H and O–H groups in total. The summed E-state index contributed by atoms with van der Waals surface area (Å²) in [4.78, 5) is 23.7. The van der Waals surface area contributed by atoms with Crippen molar-refractivity contribution in [3.05, 3.63) is 118 Å². The van der Waals surface area contributed by atoms with Gasteiger partial charge in [-0.3, -0.25) is 4.79 Å². The summed E-state index contributed by atoms with van der Waals surface area (Å²) in [7, 11) is 0. The SMILES string of the molecule is C=C(C)C(=O)OCCCC12c3ccccc3C(CCC(=O)O)(c3ccccc31)c1ccccc12. The van der Waals surface area contributed by atoms with E-state index in [9.17, 15) is 14.7 Å². The van der Waals surface area contributed by atoms with Crippen LogP contribution in [0.2, 0.25) is 0 Å². The van der Waals surface area contributed by atoms with E-state index in [4.69, 9.17) is 4.74 Å². The van der Waals surface area contributed by atoms with Gasteiger partial charge in [0.25, 0.3) is 0 Å². The summed E-state index contributed by atoms with van der Waals surface area (Å²) in [5, 5.41) is 9.64. The minimum absolute atomic E-state index is 0.0842. The predicted molar refractivity (Wildman–Crippen MR) is 131 cm³/mol. The van der Waals surface area contributed by atoms with E-state index in [0.717, 1.165) is 6.42 Å². The molecule has 0 saturated carbocycles. The van der Waals surface area contributed by atoms with Gasteiger partial charge in [0, 0.05) is 22.8 Å². The van der Waals surface area contributed by atoms with Crippen LogP contribution in [0, 0.1) is 0 Å². The monoisotopic (exact) mass is 452 g/mol. The summed E-state index contributed by atoms with van der Waals surface area (Å²) in [5.41, 5.74) is 6.75. The fourth-order valence-corrected chi connectivity index (χ4v) is 6.28. The molecule has 0 spiro atoms. The maximum absolute atomic E-state index is 11.9. The fraction of sp³-hybridized carbons (Fsp3) is 0.267. The quantitative estimate of drug-likeness (QED) is 0.269. The second kappa shape index (κ2) is 8.28. The minimum Gasteiger partial charge on any atom is -0.481 e. The third kappa shape index (κ3) is 3.05. The van der Waals surface area contributed by atoms with E-state index < -0.39 is 11.4 Å². The van der Waals surface area contributed by atoms with E-state index >= 15 is 0 Å². The van der Waals surface area contributed by atoms with Crippen LogP contribution >= 0.6 is 0 Å². The Kier molecular flexibility index (Phi) is 5.40. The zero-order valence-corrected chi connectivity index (χ0v) is 19.3. The number of hydrogen-bond acceptors (Lipinski definition) is 3. The molecular weight excluding hydrogens is 424 g/mol. The van der Waals surface area contributed by atoms with Crippen LogP contribution < -0.4 is 0 Å². The molecule has 0 atom stereocenters. The fourth-order valence-electron chi connectivity index (χ4n) is 6.28. The Bertz CT molecular complexity index is 1180. The number of carbonyl (C=O) groups is 2. The third-order valence-corrected chi connectivity index (χ3v) is 7.53. The van der Waals surface area contributed by atoms with E-state index in [1.54, 1.807) is 6.92 Å². The van der Waals surface area contributed by atoms with Crippen LogP contribution in [0.5, 0.6) is 0 Å². The molecule has 34 heavy (non-hydrogen) atoms. The Morgan fingerprint density at radius 1 is 0.765 bits per heavy atom. The average Bonchev–Trinajstić information content (AvgIpc) is 2.86. The number of aliphatic carboxylic acids is 1. The number of hydrogen-bond donors (Lipinski definition) is 1. The Labute approximate surface area is 199 Å². The first-order valence-electron chi connectivity index (χ1n) is 11.8. The number of ether oxygens (including phenoxy) is 1. The van der Waals surface area contributed by atoms with E-state index in [1.807, 2.05) is 0 Å². The highest BCUT2D eigenvalue weighted by Crippen LogP contribution is 2.64. The molecule has 0 aromatic heterocycles. The molecule has 4 heteroatoms. The first-order chi connectivity index (χ1) is 16.4. The van der Waals surface area contributed by atoms with E-state index in [-0.39, 0.29) is 17.8 Å². The van der Waals surface area contributed by atoms with Gasteiger partial charge in [-0.05, 0) is 59.6 Å². The van der Waals surface area contributed by atoms with Gasteiger partial charge in [-0.1, -0.05) is 79.4 Å². The largest absolute Gasteiger partial charge is 0.481 e. The van der Waals surface area contributed by atoms with E-state index in [1.165, 1.54) is 33.4 Å². The van der Waals surface area contributed by atoms with E-state index in [0.29, 0.717) is 25.0 Å². The molecule has 0 amide bonds. The molecule has 0 heterocycles. The van der Waals surface area contributed by atoms with Crippen LogP contribution in [-0.2, 0) is 25.2 Å². The van der Waals surface area contributed by atoms with Crippen LogP contribution in [0.3, 0.4) is 0 Å². The van der Waals surface area contributed by atoms with Gasteiger partial charge in [-0.15, -0.1) is 0 Å². The average molecular weight is 453 g/mol. The number of carbonyl (C=O) groups excluding carboxylic acids is 1. The summed E-state index contributed by atoms with van der Waals surface area (Å²) in [6, 6.07) is 25.4. The Hall–Kier alpha value is -3.66. The zero-order valence-electron chi connectivity index (χ0n) is 19.3. The Morgan fingerprint density at radius 3 is 1.50 bits per heavy atom. The number of carboxylic acids is 1. The van der Waals surface area contributed by atoms with Crippen molar-refractivity contribution in [3.8, 4) is 0 Å². The molecule has 0 fully saturated rings. The molecule has 3 aliphatic carbocycles. The molecule has 0 aliphatic heterocycles. The first-order valence-corrected chi connectivity index (χ1v) is 11.8. The summed E-state index contributed by atoms with van der Waals surface area (Å²) in [6.07, 6.45) is 2.05. The van der Waals surface area contributed by atoms with Crippen molar-refractivity contribution in [2.45, 2.75) is 43.4 Å². The van der Waals surface area contributed by atoms with Crippen LogP contribution in [0.15, 0.2) is 84.9 Å². The highest BCUT2D eigenvalue weighted by molar-refractivity contribution is 5.86. The molecule has 0 unspecified atom stereocenters. The minimum atomic E-state index is -0.788. The van der Waals surface area contributed by atoms with E-state index in [2.05, 4.69) is 79.4 Å². The lowest BCUT2D eigenvalue weighted by Crippen LogP contribution is -2.51. The molecule has 4 nitrogen and oxygen atoms in total. The summed E-state index contributed by atoms with van der Waals surface area (Å²) in [5.74, 6) is -1.15. The normalized spacial score (nSPS) is 21.2. The van der Waals surface area contributed by atoms with Gasteiger partial charge >= 0.3 is 11.9 Å². The second-order valence-corrected chi connectivity index (χ2v) is 9.36. The lowest BCUT2D eigenvalue weighted by atomic mass is 9.45. The maximum atomic E-state index is 11.9. The highest BCUT2D eigenvalue weighted by atomic mass is 16.5. The molecular formula is C30H28O4. The van der Waals surface area contributed by atoms with Crippen molar-refractivity contribution in [1.82, 2.24) is 0 Å². The summed E-state index contributed by atoms with van der Waals surface area (Å²) in [6.45, 7) is 5.65. The third-order valence-electron chi connectivity index (χ3n) is 7.53. The molecule has 3 aliphatic rings. The highest BCUT2D eigenvalue weighted by Gasteiger charge is 2.57. The smallest absolute Gasteiger partial charge is 0.333 e. The molecule has 172 valence electrons. The summed E-state index contributed by atoms with van der Waals surface area (Å²) < 4.78 is 5.44. The molecule has 6 rings (SSSR count). The molecule has 2 bridgehead atoms. The molecule has 3 aromatic rings. The van der Waals surface area contributed by atoms with Gasteiger partial charge in [0.1, 0.15) is 0 Å². The second-order valence-electron chi connectivity index (χ2n) is 9.36. The van der Waals surface area contributed by atoms with Gasteiger partial charge < -0.3 is 9.84 Å². The van der Waals surface area contributed by atoms with Crippen molar-refractivity contribution < 1.29 is 19.4 Å². The molecule has 0 saturated heterocycles. The van der Waals surface area contributed by atoms with Crippen LogP contribution in [-0.4, -0.2) is 23.7 Å². The first kappa shape index (κ1) is 22.1. The number of carboxylic acid groups (broad SMARTS) is 1. The maximum Gasteiger partial charge on any atom is 0.333 e. The number of esters is 1. The Balaban J connectivity index is 1.70. The van der Waals surface area contributed by atoms with Crippen molar-refractivity contribution in [1.29, 1.82) is 0 Å². The van der Waals surface area contributed by atoms with Crippen LogP contribution in [0.25, 0.3) is 0 Å². The van der Waals surface area contributed by atoms with Crippen molar-refractivity contribution in [2.24, 2.45) is 0 Å². The van der Waals surface area contributed by atoms with Gasteiger partial charge in [0.2, 0.25) is 0 Å². The standard InChI is InChI=1S/C30H28O4/c1-20(2)28(33)34-19-9-17-29-21-10-3-6-13-24(21)30(18-16-27(31)32,25-14-7-4-11-22(25)29)26-15-8-5-12-23(26)29/h3-8,10-15H,1,9,16-19H2,2H3,(H,31,32). The predicted octanol–water partition coefficient (Wildman–Crippen LogP) is 5.75. The van der Waals surface area contributed by atoms with Crippen molar-refractivity contribution in [2.75, 3.05) is 6.61 Å². The zero-order chi connectivity index (χ0) is 23.9. The van der Waals surface area contributed by atoms with Gasteiger partial charge in [-0.2, -0.15) is 0 Å². The topological polar surface area (TPSA) is 63.6 Å². The van der Waals surface area contributed by atoms with Gasteiger partial charge in [0.05, 0.1) is 6.61 Å². The molecule has 3 aromatic carbocycles. The Morgan fingerprint density at radius 2 is 1.15 bits per heavy atom. The van der Waals surface area contributed by atoms with Crippen molar-refractivity contribution in [3.63, 3.8) is 0 Å². The van der Waals surface area contributed by atoms with Crippen LogP contribution in [0.1, 0.15) is 66.0 Å².